The smallest absolute Gasteiger partial charge is 0.338 e. The van der Waals surface area contributed by atoms with E-state index >= 15 is 0 Å². The zero-order valence-electron chi connectivity index (χ0n) is 11.7. The van der Waals surface area contributed by atoms with Crippen LogP contribution < -0.4 is 4.74 Å². The summed E-state index contributed by atoms with van der Waals surface area (Å²) >= 11 is 0. The molecule has 0 aliphatic heterocycles. The number of carbonyl (C=O) groups excluding carboxylic acids is 1. The molecule has 1 aliphatic rings. The zero-order chi connectivity index (χ0) is 13.7. The predicted molar refractivity (Wildman–Crippen MR) is 74.4 cm³/mol. The van der Waals surface area contributed by atoms with Crippen molar-refractivity contribution >= 4 is 5.97 Å². The van der Waals surface area contributed by atoms with Crippen molar-refractivity contribution in [3.8, 4) is 5.75 Å². The van der Waals surface area contributed by atoms with Gasteiger partial charge in [-0.25, -0.2) is 4.79 Å². The summed E-state index contributed by atoms with van der Waals surface area (Å²) in [6, 6.07) is 7.23. The van der Waals surface area contributed by atoms with Gasteiger partial charge in [0.25, 0.3) is 0 Å². The molecule has 0 N–H and O–H groups in total. The fourth-order valence-corrected chi connectivity index (χ4v) is 2.56. The van der Waals surface area contributed by atoms with Gasteiger partial charge < -0.3 is 9.47 Å². The molecule has 0 radical (unpaired) electrons. The first-order chi connectivity index (χ1) is 9.19. The van der Waals surface area contributed by atoms with E-state index in [2.05, 4.69) is 6.92 Å². The topological polar surface area (TPSA) is 35.5 Å². The van der Waals surface area contributed by atoms with Crippen molar-refractivity contribution in [3.63, 3.8) is 0 Å². The molecule has 0 spiro atoms. The van der Waals surface area contributed by atoms with Crippen molar-refractivity contribution < 1.29 is 14.3 Å². The van der Waals surface area contributed by atoms with Gasteiger partial charge in [0.15, 0.2) is 0 Å². The van der Waals surface area contributed by atoms with Crippen molar-refractivity contribution in [2.75, 3.05) is 6.61 Å². The lowest BCUT2D eigenvalue weighted by molar-refractivity contribution is 0.0526. The lowest BCUT2D eigenvalue weighted by Crippen LogP contribution is -2.24. The largest absolute Gasteiger partial charge is 0.490 e. The normalized spacial score (nSPS) is 22.8. The van der Waals surface area contributed by atoms with Gasteiger partial charge in [0.2, 0.25) is 0 Å². The van der Waals surface area contributed by atoms with Crippen LogP contribution in [0.5, 0.6) is 5.75 Å². The minimum Gasteiger partial charge on any atom is -0.490 e. The lowest BCUT2D eigenvalue weighted by atomic mass is 9.89. The Labute approximate surface area is 114 Å². The highest BCUT2D eigenvalue weighted by Gasteiger charge is 2.20. The quantitative estimate of drug-likeness (QED) is 0.774. The maximum Gasteiger partial charge on any atom is 0.338 e. The second-order valence-electron chi connectivity index (χ2n) is 5.26. The molecule has 2 rings (SSSR count). The minimum absolute atomic E-state index is 0.277. The van der Waals surface area contributed by atoms with E-state index in [-0.39, 0.29) is 5.97 Å². The van der Waals surface area contributed by atoms with Crippen molar-refractivity contribution in [2.45, 2.75) is 45.6 Å². The average Bonchev–Trinajstić information content (AvgIpc) is 2.40. The molecule has 1 aromatic carbocycles. The van der Waals surface area contributed by atoms with Crippen LogP contribution in [0.1, 0.15) is 49.9 Å². The number of benzene rings is 1. The number of esters is 1. The van der Waals surface area contributed by atoms with Crippen molar-refractivity contribution in [2.24, 2.45) is 5.92 Å². The van der Waals surface area contributed by atoms with Crippen LogP contribution in [-0.4, -0.2) is 18.7 Å². The van der Waals surface area contributed by atoms with Gasteiger partial charge in [0.05, 0.1) is 18.3 Å². The van der Waals surface area contributed by atoms with Crippen LogP contribution in [0.4, 0.5) is 0 Å². The highest BCUT2D eigenvalue weighted by atomic mass is 16.5. The Morgan fingerprint density at radius 2 is 2.00 bits per heavy atom. The first kappa shape index (κ1) is 13.9. The van der Waals surface area contributed by atoms with Gasteiger partial charge in [0.1, 0.15) is 5.75 Å². The van der Waals surface area contributed by atoms with Crippen LogP contribution in [0.15, 0.2) is 24.3 Å². The lowest BCUT2D eigenvalue weighted by Gasteiger charge is -2.27. The van der Waals surface area contributed by atoms with Crippen LogP contribution in [0, 0.1) is 5.92 Å². The molecule has 0 saturated heterocycles. The maximum absolute atomic E-state index is 11.5. The SMILES string of the molecule is CCOC(=O)c1ccc(OC2CCCC(C)C2)cc1. The molecule has 0 amide bonds. The third-order valence-electron chi connectivity index (χ3n) is 3.56. The Bertz CT molecular complexity index is 411. The molecule has 104 valence electrons. The summed E-state index contributed by atoms with van der Waals surface area (Å²) in [5.41, 5.74) is 0.575. The fraction of sp³-hybridized carbons (Fsp3) is 0.562. The van der Waals surface area contributed by atoms with Gasteiger partial charge in [-0.2, -0.15) is 0 Å². The third-order valence-corrected chi connectivity index (χ3v) is 3.56. The summed E-state index contributed by atoms with van der Waals surface area (Å²) in [5, 5.41) is 0. The Morgan fingerprint density at radius 1 is 1.26 bits per heavy atom. The summed E-state index contributed by atoms with van der Waals surface area (Å²) in [5.74, 6) is 1.31. The van der Waals surface area contributed by atoms with Crippen LogP contribution in [-0.2, 0) is 4.74 Å². The van der Waals surface area contributed by atoms with Gasteiger partial charge in [-0.15, -0.1) is 0 Å². The number of carbonyl (C=O) groups is 1. The van der Waals surface area contributed by atoms with E-state index in [0.717, 1.165) is 24.5 Å². The molecule has 3 nitrogen and oxygen atoms in total. The monoisotopic (exact) mass is 262 g/mol. The number of rotatable bonds is 4. The molecular formula is C16H22O3. The molecule has 0 aromatic heterocycles. The first-order valence-corrected chi connectivity index (χ1v) is 7.13. The zero-order valence-corrected chi connectivity index (χ0v) is 11.7. The Morgan fingerprint density at radius 3 is 2.63 bits per heavy atom. The summed E-state index contributed by atoms with van der Waals surface area (Å²) in [7, 11) is 0. The Hall–Kier alpha value is -1.51. The predicted octanol–water partition coefficient (Wildman–Crippen LogP) is 3.82. The summed E-state index contributed by atoms with van der Waals surface area (Å²) in [4.78, 5) is 11.5. The molecular weight excluding hydrogens is 240 g/mol. The van der Waals surface area contributed by atoms with E-state index in [1.54, 1.807) is 19.1 Å². The van der Waals surface area contributed by atoms with Crippen molar-refractivity contribution in [1.29, 1.82) is 0 Å². The Balaban J connectivity index is 1.93. The van der Waals surface area contributed by atoms with Crippen LogP contribution in [0.2, 0.25) is 0 Å². The van der Waals surface area contributed by atoms with E-state index in [4.69, 9.17) is 9.47 Å². The minimum atomic E-state index is -0.277. The second-order valence-corrected chi connectivity index (χ2v) is 5.26. The fourth-order valence-electron chi connectivity index (χ4n) is 2.56. The van der Waals surface area contributed by atoms with Crippen molar-refractivity contribution in [3.05, 3.63) is 29.8 Å². The highest BCUT2D eigenvalue weighted by Crippen LogP contribution is 2.27. The second kappa shape index (κ2) is 6.60. The molecule has 1 fully saturated rings. The third kappa shape index (κ3) is 3.98. The standard InChI is InChI=1S/C16H22O3/c1-3-18-16(17)13-7-9-14(10-8-13)19-15-6-4-5-12(2)11-15/h7-10,12,15H,3-6,11H2,1-2H3. The molecule has 0 heterocycles. The Kier molecular flexibility index (Phi) is 4.83. The molecule has 3 heteroatoms. The molecule has 1 aromatic rings. The van der Waals surface area contributed by atoms with E-state index < -0.39 is 0 Å². The summed E-state index contributed by atoms with van der Waals surface area (Å²) < 4.78 is 10.9. The maximum atomic E-state index is 11.5. The highest BCUT2D eigenvalue weighted by molar-refractivity contribution is 5.89. The number of hydrogen-bond acceptors (Lipinski definition) is 3. The molecule has 2 unspecified atom stereocenters. The van der Waals surface area contributed by atoms with Gasteiger partial charge in [0, 0.05) is 0 Å². The van der Waals surface area contributed by atoms with Crippen molar-refractivity contribution in [1.82, 2.24) is 0 Å². The van der Waals surface area contributed by atoms with Crippen LogP contribution >= 0.6 is 0 Å². The summed E-state index contributed by atoms with van der Waals surface area (Å²) in [6.07, 6.45) is 5.12. The molecule has 1 aliphatic carbocycles. The molecule has 2 atom stereocenters. The van der Waals surface area contributed by atoms with Gasteiger partial charge in [-0.05, 0) is 56.4 Å². The van der Waals surface area contributed by atoms with E-state index in [1.165, 1.54) is 12.8 Å². The van der Waals surface area contributed by atoms with E-state index in [0.29, 0.717) is 18.3 Å². The molecule has 19 heavy (non-hydrogen) atoms. The average molecular weight is 262 g/mol. The van der Waals surface area contributed by atoms with Gasteiger partial charge in [-0.3, -0.25) is 0 Å². The van der Waals surface area contributed by atoms with E-state index in [9.17, 15) is 4.79 Å². The molecule has 1 saturated carbocycles. The first-order valence-electron chi connectivity index (χ1n) is 7.13. The van der Waals surface area contributed by atoms with E-state index in [1.807, 2.05) is 12.1 Å². The number of ether oxygens (including phenoxy) is 2. The van der Waals surface area contributed by atoms with Gasteiger partial charge >= 0.3 is 5.97 Å². The van der Waals surface area contributed by atoms with Crippen LogP contribution in [0.3, 0.4) is 0 Å². The summed E-state index contributed by atoms with van der Waals surface area (Å²) in [6.45, 7) is 4.48. The van der Waals surface area contributed by atoms with Crippen LogP contribution in [0.25, 0.3) is 0 Å². The molecule has 0 bridgehead atoms. The number of hydrogen-bond donors (Lipinski definition) is 0. The van der Waals surface area contributed by atoms with Gasteiger partial charge in [-0.1, -0.05) is 13.3 Å².